The molecule has 1 N–H and O–H groups in total. The van der Waals surface area contributed by atoms with E-state index in [0.717, 1.165) is 0 Å². The molecule has 0 bridgehead atoms. The van der Waals surface area contributed by atoms with Gasteiger partial charge in [-0.15, -0.1) is 0 Å². The molecule has 0 aromatic heterocycles. The molecule has 2 aliphatic carbocycles. The maximum absolute atomic E-state index is 12.6. The number of alkyl carbamates (subject to hydrolysis) is 1. The van der Waals surface area contributed by atoms with Crippen molar-refractivity contribution in [2.24, 2.45) is 17.8 Å². The maximum Gasteiger partial charge on any atom is 0.410 e. The number of nitrogens with zero attached hydrogens (tertiary/aromatic N) is 1. The number of thiol groups is 1. The fourth-order valence-electron chi connectivity index (χ4n) is 2.85. The van der Waals surface area contributed by atoms with Crippen LogP contribution in [0, 0.1) is 17.8 Å². The Kier molecular flexibility index (Phi) is 5.86. The number of nitrogens with one attached hydrogen (secondary N) is 1. The van der Waals surface area contributed by atoms with Gasteiger partial charge in [-0.1, -0.05) is 0 Å². The molecule has 25 heavy (non-hydrogen) atoms. The highest BCUT2D eigenvalue weighted by atomic mass is 32.1. The second-order valence-corrected chi connectivity index (χ2v) is 9.48. The molecule has 0 saturated heterocycles. The molecule has 1 unspecified atom stereocenters. The van der Waals surface area contributed by atoms with E-state index < -0.39 is 17.3 Å². The summed E-state index contributed by atoms with van der Waals surface area (Å²) in [5.74, 6) is 1.90. The van der Waals surface area contributed by atoms with Crippen LogP contribution < -0.4 is 5.32 Å². The molecule has 7 heteroatoms. The summed E-state index contributed by atoms with van der Waals surface area (Å²) < 4.78 is 10.8. The molecule has 2 aliphatic rings. The molecule has 0 radical (unpaired) electrons. The molecule has 0 aromatic carbocycles. The average molecular weight is 373 g/mol. The van der Waals surface area contributed by atoms with Gasteiger partial charge in [0.25, 0.3) is 0 Å². The van der Waals surface area contributed by atoms with Crippen LogP contribution in [-0.4, -0.2) is 53.2 Å². The van der Waals surface area contributed by atoms with Gasteiger partial charge in [-0.2, -0.15) is 12.6 Å². The molecular weight excluding hydrogens is 340 g/mol. The van der Waals surface area contributed by atoms with E-state index in [9.17, 15) is 9.59 Å². The molecule has 4 atom stereocenters. The zero-order chi connectivity index (χ0) is 19.0. The molecule has 0 spiro atoms. The van der Waals surface area contributed by atoms with Crippen molar-refractivity contribution in [3.63, 3.8) is 0 Å². The zero-order valence-electron chi connectivity index (χ0n) is 16.2. The second-order valence-electron chi connectivity index (χ2n) is 9.12. The first-order valence-electron chi connectivity index (χ1n) is 8.98. The molecule has 2 saturated carbocycles. The van der Waals surface area contributed by atoms with Crippen molar-refractivity contribution in [2.45, 2.75) is 65.2 Å². The minimum atomic E-state index is -0.529. The summed E-state index contributed by atoms with van der Waals surface area (Å²) in [6, 6.07) is 0.304. The van der Waals surface area contributed by atoms with Gasteiger partial charge in [-0.3, -0.25) is 0 Å². The normalized spacial score (nSPS) is 25.5. The van der Waals surface area contributed by atoms with Crippen molar-refractivity contribution < 1.29 is 19.1 Å². The van der Waals surface area contributed by atoms with E-state index in [0.29, 0.717) is 36.7 Å². The monoisotopic (exact) mass is 372 g/mol. The van der Waals surface area contributed by atoms with E-state index in [2.05, 4.69) is 17.9 Å². The third-order valence-electron chi connectivity index (χ3n) is 4.26. The van der Waals surface area contributed by atoms with Crippen molar-refractivity contribution >= 4 is 24.8 Å². The highest BCUT2D eigenvalue weighted by Crippen LogP contribution is 2.65. The second kappa shape index (κ2) is 7.25. The molecule has 6 nitrogen and oxygen atoms in total. The Morgan fingerprint density at radius 2 is 1.68 bits per heavy atom. The van der Waals surface area contributed by atoms with E-state index in [1.807, 2.05) is 46.4 Å². The summed E-state index contributed by atoms with van der Waals surface area (Å²) in [6.07, 6.45) is 0.497. The van der Waals surface area contributed by atoms with Crippen molar-refractivity contribution in [3.05, 3.63) is 0 Å². The third kappa shape index (κ3) is 6.28. The quantitative estimate of drug-likeness (QED) is 0.702. The van der Waals surface area contributed by atoms with Gasteiger partial charge in [-0.25, -0.2) is 9.59 Å². The Labute approximate surface area is 156 Å². The Hall–Kier alpha value is -1.11. The number of carbonyl (C=O) groups excluding carboxylic acids is 2. The van der Waals surface area contributed by atoms with Crippen LogP contribution in [0.25, 0.3) is 0 Å². The van der Waals surface area contributed by atoms with Gasteiger partial charge in [-0.05, 0) is 65.6 Å². The molecule has 0 aromatic rings. The Bertz CT molecular complexity index is 504. The lowest BCUT2D eigenvalue weighted by molar-refractivity contribution is 0.0170. The largest absolute Gasteiger partial charge is 0.444 e. The predicted molar refractivity (Wildman–Crippen MR) is 99.9 cm³/mol. The summed E-state index contributed by atoms with van der Waals surface area (Å²) in [7, 11) is 0. The minimum Gasteiger partial charge on any atom is -0.444 e. The number of hydrogen-bond donors (Lipinski definition) is 2. The summed E-state index contributed by atoms with van der Waals surface area (Å²) in [6.45, 7) is 12.0. The van der Waals surface area contributed by atoms with Gasteiger partial charge < -0.3 is 19.7 Å². The van der Waals surface area contributed by atoms with Crippen molar-refractivity contribution in [2.75, 3.05) is 18.8 Å². The summed E-state index contributed by atoms with van der Waals surface area (Å²) in [5.41, 5.74) is -1.04. The number of carbonyl (C=O) groups is 2. The van der Waals surface area contributed by atoms with E-state index in [1.54, 1.807) is 0 Å². The first kappa shape index (κ1) is 20.2. The van der Waals surface area contributed by atoms with Gasteiger partial charge >= 0.3 is 12.2 Å². The smallest absolute Gasteiger partial charge is 0.410 e. The molecule has 2 fully saturated rings. The molecule has 0 heterocycles. The number of amides is 2. The van der Waals surface area contributed by atoms with Crippen molar-refractivity contribution in [1.29, 1.82) is 0 Å². The van der Waals surface area contributed by atoms with Gasteiger partial charge in [0.15, 0.2) is 0 Å². The van der Waals surface area contributed by atoms with Gasteiger partial charge in [0, 0.05) is 25.0 Å². The van der Waals surface area contributed by atoms with Crippen LogP contribution >= 0.6 is 12.6 Å². The number of hydrogen-bond acceptors (Lipinski definition) is 5. The first-order chi connectivity index (χ1) is 11.4. The molecule has 2 rings (SSSR count). The third-order valence-corrected chi connectivity index (χ3v) is 4.78. The van der Waals surface area contributed by atoms with Crippen LogP contribution in [0.1, 0.15) is 48.0 Å². The lowest BCUT2D eigenvalue weighted by Gasteiger charge is -2.32. The lowest BCUT2D eigenvalue weighted by atomic mass is 10.1. The van der Waals surface area contributed by atoms with Gasteiger partial charge in [0.1, 0.15) is 11.2 Å². The summed E-state index contributed by atoms with van der Waals surface area (Å²) >= 11 is 4.39. The lowest BCUT2D eigenvalue weighted by Crippen LogP contribution is -2.46. The first-order valence-corrected chi connectivity index (χ1v) is 9.62. The Morgan fingerprint density at radius 3 is 2.08 bits per heavy atom. The topological polar surface area (TPSA) is 67.9 Å². The van der Waals surface area contributed by atoms with E-state index >= 15 is 0 Å². The minimum absolute atomic E-state index is 0.0448. The highest BCUT2D eigenvalue weighted by Gasteiger charge is 2.68. The fourth-order valence-corrected chi connectivity index (χ4v) is 3.10. The standard InChI is InChI=1S/C18H32N2O4S/c1-17(2,3)23-15(21)19-8-11(10-25)9-20(14-12-7-13(12)14)16(22)24-18(4,5)6/h11-14,25H,7-10H2,1-6H3,(H,19,21)/t11-,12-,13?,14-/m0/s1. The average Bonchev–Trinajstić information content (AvgIpc) is 3.28. The predicted octanol–water partition coefficient (Wildman–Crippen LogP) is 3.31. The number of fused-ring (bicyclic) bond motifs is 1. The fraction of sp³-hybridized carbons (Fsp3) is 0.889. The summed E-state index contributed by atoms with van der Waals surface area (Å²) in [4.78, 5) is 26.2. The Morgan fingerprint density at radius 1 is 1.12 bits per heavy atom. The highest BCUT2D eigenvalue weighted by molar-refractivity contribution is 7.80. The molecular formula is C18H32N2O4S. The molecule has 144 valence electrons. The number of ether oxygens (including phenoxy) is 2. The molecule has 2 amide bonds. The van der Waals surface area contributed by atoms with E-state index in [4.69, 9.17) is 9.47 Å². The van der Waals surface area contributed by atoms with Crippen LogP contribution in [0.5, 0.6) is 0 Å². The summed E-state index contributed by atoms with van der Waals surface area (Å²) in [5, 5.41) is 2.78. The van der Waals surface area contributed by atoms with Gasteiger partial charge in [0.05, 0.1) is 0 Å². The van der Waals surface area contributed by atoms with Crippen LogP contribution in [0.4, 0.5) is 9.59 Å². The Balaban J connectivity index is 1.87. The van der Waals surface area contributed by atoms with Gasteiger partial charge in [0.2, 0.25) is 0 Å². The van der Waals surface area contributed by atoms with E-state index in [-0.39, 0.29) is 12.0 Å². The SMILES string of the molecule is CC(C)(C)OC(=O)NC[C@H](CS)CN(C(=O)OC(C)(C)C)[C@@H]1C2C[C@@H]21. The van der Waals surface area contributed by atoms with Crippen molar-refractivity contribution in [3.8, 4) is 0 Å². The number of rotatable bonds is 6. The van der Waals surface area contributed by atoms with Crippen LogP contribution in [0.3, 0.4) is 0 Å². The maximum atomic E-state index is 12.6. The van der Waals surface area contributed by atoms with Crippen LogP contribution in [0.15, 0.2) is 0 Å². The zero-order valence-corrected chi connectivity index (χ0v) is 17.1. The van der Waals surface area contributed by atoms with Crippen molar-refractivity contribution in [1.82, 2.24) is 10.2 Å². The van der Waals surface area contributed by atoms with E-state index in [1.165, 1.54) is 6.42 Å². The molecule has 0 aliphatic heterocycles. The van der Waals surface area contributed by atoms with Crippen LogP contribution in [0.2, 0.25) is 0 Å². The van der Waals surface area contributed by atoms with Crippen LogP contribution in [-0.2, 0) is 9.47 Å².